The predicted molar refractivity (Wildman–Crippen MR) is 103 cm³/mol. The quantitative estimate of drug-likeness (QED) is 0.748. The summed E-state index contributed by atoms with van der Waals surface area (Å²) in [5.74, 6) is -1.11. The van der Waals surface area contributed by atoms with Crippen LogP contribution in [0.4, 0.5) is 5.13 Å². The molecule has 1 atom stereocenters. The molecule has 146 valence electrons. The van der Waals surface area contributed by atoms with Gasteiger partial charge in [-0.05, 0) is 37.5 Å². The number of aryl methyl sites for hydroxylation is 1. The number of ether oxygens (including phenoxy) is 1. The zero-order chi connectivity index (χ0) is 19.7. The number of anilines is 1. The van der Waals surface area contributed by atoms with Crippen molar-refractivity contribution in [2.24, 2.45) is 0 Å². The number of nitrogens with zero attached hydrogens (tertiary/aromatic N) is 3. The van der Waals surface area contributed by atoms with Crippen molar-refractivity contribution in [3.8, 4) is 0 Å². The van der Waals surface area contributed by atoms with Gasteiger partial charge < -0.3 is 4.74 Å². The van der Waals surface area contributed by atoms with Crippen LogP contribution in [0.5, 0.6) is 0 Å². The van der Waals surface area contributed by atoms with Crippen LogP contribution >= 0.6 is 11.3 Å². The van der Waals surface area contributed by atoms with Gasteiger partial charge in [0.05, 0.1) is 23.8 Å². The third-order valence-corrected chi connectivity index (χ3v) is 5.69. The summed E-state index contributed by atoms with van der Waals surface area (Å²) in [5, 5.41) is 12.0. The molecule has 0 bridgehead atoms. The summed E-state index contributed by atoms with van der Waals surface area (Å²) in [6, 6.07) is 4.54. The van der Waals surface area contributed by atoms with Gasteiger partial charge in [0.2, 0.25) is 5.13 Å². The van der Waals surface area contributed by atoms with Crippen LogP contribution in [0.2, 0.25) is 0 Å². The average molecular weight is 400 g/mol. The van der Waals surface area contributed by atoms with Crippen LogP contribution in [0.25, 0.3) is 0 Å². The highest BCUT2D eigenvalue weighted by atomic mass is 32.1. The number of rotatable bonds is 6. The first-order valence-corrected chi connectivity index (χ1v) is 10.1. The van der Waals surface area contributed by atoms with Crippen molar-refractivity contribution < 1.29 is 19.1 Å². The highest BCUT2D eigenvalue weighted by Crippen LogP contribution is 2.26. The first-order chi connectivity index (χ1) is 13.6. The van der Waals surface area contributed by atoms with Gasteiger partial charge >= 0.3 is 0 Å². The molecule has 2 aromatic rings. The third-order valence-electron chi connectivity index (χ3n) is 4.79. The maximum atomic E-state index is 12.7. The first kappa shape index (κ1) is 18.7. The third kappa shape index (κ3) is 3.55. The number of carbonyl (C=O) groups excluding carboxylic acids is 3. The number of imide groups is 1. The Hall–Kier alpha value is -2.65. The molecule has 1 aromatic heterocycles. The summed E-state index contributed by atoms with van der Waals surface area (Å²) in [5.41, 5.74) is 0.867. The first-order valence-electron chi connectivity index (χ1n) is 9.32. The molecule has 4 rings (SSSR count). The van der Waals surface area contributed by atoms with E-state index in [2.05, 4.69) is 15.5 Å². The van der Waals surface area contributed by atoms with E-state index in [9.17, 15) is 14.4 Å². The molecular formula is C19H20N4O4S. The van der Waals surface area contributed by atoms with Crippen LogP contribution in [0.15, 0.2) is 18.2 Å². The second-order valence-electron chi connectivity index (χ2n) is 6.82. The molecule has 0 unspecified atom stereocenters. The molecule has 9 heteroatoms. The summed E-state index contributed by atoms with van der Waals surface area (Å²) in [7, 11) is 0. The van der Waals surface area contributed by atoms with Crippen LogP contribution in [0.3, 0.4) is 0 Å². The molecular weight excluding hydrogens is 380 g/mol. The minimum absolute atomic E-state index is 0.111. The van der Waals surface area contributed by atoms with Crippen LogP contribution in [-0.2, 0) is 11.2 Å². The molecule has 1 saturated heterocycles. The number of hydrogen-bond acceptors (Lipinski definition) is 7. The second-order valence-corrected chi connectivity index (χ2v) is 7.88. The Morgan fingerprint density at radius 3 is 2.86 bits per heavy atom. The lowest BCUT2D eigenvalue weighted by atomic mass is 10.1. The van der Waals surface area contributed by atoms with Crippen molar-refractivity contribution in [2.45, 2.75) is 38.7 Å². The van der Waals surface area contributed by atoms with Gasteiger partial charge in [-0.1, -0.05) is 18.3 Å². The molecule has 28 heavy (non-hydrogen) atoms. The maximum absolute atomic E-state index is 12.7. The molecule has 0 aliphatic carbocycles. The van der Waals surface area contributed by atoms with Crippen molar-refractivity contribution in [1.29, 1.82) is 0 Å². The van der Waals surface area contributed by atoms with E-state index in [0.717, 1.165) is 30.7 Å². The molecule has 1 aromatic carbocycles. The summed E-state index contributed by atoms with van der Waals surface area (Å²) in [6.07, 6.45) is 3.42. The number of carbonyl (C=O) groups is 3. The minimum Gasteiger partial charge on any atom is -0.376 e. The Bertz CT molecular complexity index is 936. The molecule has 3 heterocycles. The molecule has 2 aliphatic heterocycles. The fourth-order valence-electron chi connectivity index (χ4n) is 3.38. The molecule has 1 fully saturated rings. The monoisotopic (exact) mass is 400 g/mol. The van der Waals surface area contributed by atoms with Crippen molar-refractivity contribution in [3.63, 3.8) is 0 Å². The average Bonchev–Trinajstić information content (AvgIpc) is 3.41. The van der Waals surface area contributed by atoms with Gasteiger partial charge in [-0.15, -0.1) is 10.2 Å². The lowest BCUT2D eigenvalue weighted by Crippen LogP contribution is -2.36. The van der Waals surface area contributed by atoms with Gasteiger partial charge in [0.15, 0.2) is 0 Å². The highest BCUT2D eigenvalue weighted by molar-refractivity contribution is 7.15. The number of benzene rings is 1. The van der Waals surface area contributed by atoms with Crippen LogP contribution in [0.1, 0.15) is 62.3 Å². The van der Waals surface area contributed by atoms with Gasteiger partial charge in [-0.3, -0.25) is 24.6 Å². The van der Waals surface area contributed by atoms with E-state index in [1.165, 1.54) is 28.4 Å². The predicted octanol–water partition coefficient (Wildman–Crippen LogP) is 2.52. The smallest absolute Gasteiger partial charge is 0.261 e. The number of amides is 3. The molecule has 0 saturated carbocycles. The van der Waals surface area contributed by atoms with E-state index < -0.39 is 0 Å². The molecule has 2 aliphatic rings. The topological polar surface area (TPSA) is 101 Å². The largest absolute Gasteiger partial charge is 0.376 e. The lowest BCUT2D eigenvalue weighted by molar-refractivity contribution is 0.0475. The summed E-state index contributed by atoms with van der Waals surface area (Å²) >= 11 is 1.33. The summed E-state index contributed by atoms with van der Waals surface area (Å²) in [6.45, 7) is 2.95. The van der Waals surface area contributed by atoms with Gasteiger partial charge in [0.1, 0.15) is 5.01 Å². The Balaban J connectivity index is 1.49. The van der Waals surface area contributed by atoms with E-state index in [1.54, 1.807) is 6.07 Å². The maximum Gasteiger partial charge on any atom is 0.261 e. The number of aromatic nitrogens is 2. The van der Waals surface area contributed by atoms with Gasteiger partial charge in [0.25, 0.3) is 17.7 Å². The number of hydrogen-bond donors (Lipinski definition) is 1. The second kappa shape index (κ2) is 7.76. The van der Waals surface area contributed by atoms with Gasteiger partial charge in [-0.2, -0.15) is 0 Å². The van der Waals surface area contributed by atoms with Crippen molar-refractivity contribution in [3.05, 3.63) is 39.9 Å². The zero-order valence-corrected chi connectivity index (χ0v) is 16.3. The van der Waals surface area contributed by atoms with E-state index in [-0.39, 0.29) is 35.9 Å². The minimum atomic E-state index is -0.389. The van der Waals surface area contributed by atoms with Gasteiger partial charge in [0, 0.05) is 18.6 Å². The highest BCUT2D eigenvalue weighted by Gasteiger charge is 2.38. The lowest BCUT2D eigenvalue weighted by Gasteiger charge is -2.17. The van der Waals surface area contributed by atoms with E-state index >= 15 is 0 Å². The zero-order valence-electron chi connectivity index (χ0n) is 15.4. The van der Waals surface area contributed by atoms with Gasteiger partial charge in [-0.25, -0.2) is 0 Å². The summed E-state index contributed by atoms with van der Waals surface area (Å²) in [4.78, 5) is 39.0. The normalized spacial score (nSPS) is 18.6. The van der Waals surface area contributed by atoms with Crippen LogP contribution in [0, 0.1) is 0 Å². The Morgan fingerprint density at radius 1 is 1.29 bits per heavy atom. The molecule has 0 spiro atoms. The molecule has 1 N–H and O–H groups in total. The Kier molecular flexibility index (Phi) is 5.19. The Morgan fingerprint density at radius 2 is 2.11 bits per heavy atom. The fourth-order valence-corrected chi connectivity index (χ4v) is 4.21. The fraction of sp³-hybridized carbons (Fsp3) is 0.421. The van der Waals surface area contributed by atoms with E-state index in [1.807, 2.05) is 6.92 Å². The standard InChI is InChI=1S/C19H20N4O4S/c1-2-4-15-21-22-19(28-15)20-16(24)11-6-7-13-14(9-11)18(26)23(17(13)25)10-12-5-3-8-27-12/h6-7,9,12H,2-5,8,10H2,1H3,(H,20,22,24)/t12-/m1/s1. The summed E-state index contributed by atoms with van der Waals surface area (Å²) < 4.78 is 5.54. The van der Waals surface area contributed by atoms with Crippen molar-refractivity contribution in [1.82, 2.24) is 15.1 Å². The molecule has 0 radical (unpaired) electrons. The van der Waals surface area contributed by atoms with Crippen LogP contribution < -0.4 is 5.32 Å². The Labute approximate surface area is 165 Å². The van der Waals surface area contributed by atoms with Crippen molar-refractivity contribution >= 4 is 34.2 Å². The van der Waals surface area contributed by atoms with Crippen LogP contribution in [-0.4, -0.2) is 52.1 Å². The number of nitrogens with one attached hydrogen (secondary N) is 1. The SMILES string of the molecule is CCCc1nnc(NC(=O)c2ccc3c(c2)C(=O)N(C[C@H]2CCCO2)C3=O)s1. The number of fused-ring (bicyclic) bond motifs is 1. The van der Waals surface area contributed by atoms with E-state index in [4.69, 9.17) is 4.74 Å². The molecule has 3 amide bonds. The molecule has 8 nitrogen and oxygen atoms in total. The van der Waals surface area contributed by atoms with E-state index in [0.29, 0.717) is 22.9 Å². The van der Waals surface area contributed by atoms with Crippen molar-refractivity contribution in [2.75, 3.05) is 18.5 Å².